The van der Waals surface area contributed by atoms with Crippen LogP contribution in [0.15, 0.2) is 48.5 Å². The second-order valence-electron chi connectivity index (χ2n) is 5.88. The summed E-state index contributed by atoms with van der Waals surface area (Å²) in [6.45, 7) is 2.95. The number of nitrogens with zero attached hydrogens (tertiary/aromatic N) is 1. The van der Waals surface area contributed by atoms with Gasteiger partial charge in [0.1, 0.15) is 5.75 Å². The molecule has 2 aromatic rings. The Kier molecular flexibility index (Phi) is 5.33. The molecule has 0 N–H and O–H groups in total. The van der Waals surface area contributed by atoms with E-state index < -0.39 is 5.97 Å². The highest BCUT2D eigenvalue weighted by molar-refractivity contribution is 5.98. The van der Waals surface area contributed by atoms with Gasteiger partial charge in [-0.3, -0.25) is 4.79 Å². The van der Waals surface area contributed by atoms with Crippen molar-refractivity contribution in [2.24, 2.45) is 0 Å². The summed E-state index contributed by atoms with van der Waals surface area (Å²) in [5, 5.41) is 0. The summed E-state index contributed by atoms with van der Waals surface area (Å²) >= 11 is 0. The first kappa shape index (κ1) is 17.0. The minimum atomic E-state index is -0.525. The summed E-state index contributed by atoms with van der Waals surface area (Å²) in [4.78, 5) is 26.2. The lowest BCUT2D eigenvalue weighted by Crippen LogP contribution is -2.33. The van der Waals surface area contributed by atoms with E-state index in [1.54, 1.807) is 29.2 Å². The first-order valence-corrected chi connectivity index (χ1v) is 8.47. The number of rotatable bonds is 6. The molecule has 2 aromatic carbocycles. The summed E-state index contributed by atoms with van der Waals surface area (Å²) in [5.41, 5.74) is 2.42. The molecular weight excluding hydrogens is 318 g/mol. The molecule has 0 unspecified atom stereocenters. The van der Waals surface area contributed by atoms with Gasteiger partial charge in [-0.25, -0.2) is 4.79 Å². The predicted octanol–water partition coefficient (Wildman–Crippen LogP) is 3.22. The lowest BCUT2D eigenvalue weighted by atomic mass is 10.2. The van der Waals surface area contributed by atoms with E-state index in [4.69, 9.17) is 9.47 Å². The molecule has 1 aliphatic rings. The highest BCUT2D eigenvalue weighted by Gasteiger charge is 2.25. The number of esters is 1. The zero-order valence-electron chi connectivity index (χ0n) is 14.2. The third kappa shape index (κ3) is 3.99. The van der Waals surface area contributed by atoms with Crippen molar-refractivity contribution in [3.05, 3.63) is 59.7 Å². The van der Waals surface area contributed by atoms with E-state index in [2.05, 4.69) is 0 Å². The van der Waals surface area contributed by atoms with Gasteiger partial charge in [0.05, 0.1) is 12.2 Å². The second-order valence-corrected chi connectivity index (χ2v) is 5.88. The third-order valence-electron chi connectivity index (χ3n) is 4.06. The van der Waals surface area contributed by atoms with Gasteiger partial charge in [-0.1, -0.05) is 31.2 Å². The molecule has 0 radical (unpaired) electrons. The number of carbonyl (C=O) groups excluding carboxylic acids is 2. The zero-order valence-corrected chi connectivity index (χ0v) is 14.2. The zero-order chi connectivity index (χ0) is 17.6. The molecule has 0 saturated heterocycles. The monoisotopic (exact) mass is 339 g/mol. The van der Waals surface area contributed by atoms with Gasteiger partial charge in [-0.15, -0.1) is 0 Å². The van der Waals surface area contributed by atoms with E-state index in [-0.39, 0.29) is 12.5 Å². The molecular formula is C20H21NO4. The topological polar surface area (TPSA) is 55.8 Å². The van der Waals surface area contributed by atoms with Crippen LogP contribution in [0, 0.1) is 0 Å². The Balaban J connectivity index is 1.58. The molecule has 5 heteroatoms. The highest BCUT2D eigenvalue weighted by Crippen LogP contribution is 2.27. The number of fused-ring (bicyclic) bond motifs is 1. The molecule has 0 aliphatic carbocycles. The van der Waals surface area contributed by atoms with E-state index in [1.807, 2.05) is 31.2 Å². The van der Waals surface area contributed by atoms with Crippen molar-refractivity contribution in [3.8, 4) is 5.75 Å². The van der Waals surface area contributed by atoms with Crippen LogP contribution in [0.1, 0.15) is 29.3 Å². The average Bonchev–Trinajstić information content (AvgIpc) is 3.08. The average molecular weight is 339 g/mol. The fourth-order valence-corrected chi connectivity index (χ4v) is 2.82. The van der Waals surface area contributed by atoms with E-state index in [9.17, 15) is 9.59 Å². The molecule has 130 valence electrons. The molecule has 3 rings (SSSR count). The van der Waals surface area contributed by atoms with Crippen LogP contribution in [-0.4, -0.2) is 31.6 Å². The molecule has 0 bridgehead atoms. The molecule has 0 fully saturated rings. The number of para-hydroxylation sites is 1. The van der Waals surface area contributed by atoms with Crippen LogP contribution in [0.25, 0.3) is 0 Å². The number of carbonyl (C=O) groups is 2. The van der Waals surface area contributed by atoms with Crippen molar-refractivity contribution in [2.75, 3.05) is 24.7 Å². The highest BCUT2D eigenvalue weighted by atomic mass is 16.5. The Bertz CT molecular complexity index is 772. The predicted molar refractivity (Wildman–Crippen MR) is 95.0 cm³/mol. The number of anilines is 1. The van der Waals surface area contributed by atoms with Crippen LogP contribution in [-0.2, 0) is 16.0 Å². The lowest BCUT2D eigenvalue weighted by Gasteiger charge is -2.17. The van der Waals surface area contributed by atoms with Gasteiger partial charge in [-0.2, -0.15) is 0 Å². The van der Waals surface area contributed by atoms with E-state index in [0.717, 1.165) is 24.1 Å². The number of hydrogen-bond donors (Lipinski definition) is 0. The Morgan fingerprint density at radius 3 is 2.80 bits per heavy atom. The summed E-state index contributed by atoms with van der Waals surface area (Å²) in [6, 6.07) is 14.6. The molecule has 1 amide bonds. The maximum atomic E-state index is 12.4. The van der Waals surface area contributed by atoms with Crippen LogP contribution in [0.5, 0.6) is 5.75 Å². The van der Waals surface area contributed by atoms with Gasteiger partial charge in [0.2, 0.25) is 0 Å². The van der Waals surface area contributed by atoms with Crippen LogP contribution in [0.4, 0.5) is 5.69 Å². The Hall–Kier alpha value is -2.82. The van der Waals surface area contributed by atoms with E-state index >= 15 is 0 Å². The van der Waals surface area contributed by atoms with Gasteiger partial charge in [0, 0.05) is 12.2 Å². The first-order valence-electron chi connectivity index (χ1n) is 8.47. The van der Waals surface area contributed by atoms with Gasteiger partial charge in [0.25, 0.3) is 5.91 Å². The van der Waals surface area contributed by atoms with Crippen LogP contribution in [0.3, 0.4) is 0 Å². The minimum absolute atomic E-state index is 0.211. The van der Waals surface area contributed by atoms with E-state index in [1.165, 1.54) is 0 Å². The van der Waals surface area contributed by atoms with Crippen molar-refractivity contribution >= 4 is 17.6 Å². The number of amides is 1. The van der Waals surface area contributed by atoms with Crippen LogP contribution in [0.2, 0.25) is 0 Å². The minimum Gasteiger partial charge on any atom is -0.494 e. The summed E-state index contributed by atoms with van der Waals surface area (Å²) in [5.74, 6) is -0.115. The number of benzene rings is 2. The first-order chi connectivity index (χ1) is 12.2. The number of hydrogen-bond acceptors (Lipinski definition) is 4. The fraction of sp³-hybridized carbons (Fsp3) is 0.300. The molecule has 25 heavy (non-hydrogen) atoms. The smallest absolute Gasteiger partial charge is 0.338 e. The maximum Gasteiger partial charge on any atom is 0.338 e. The van der Waals surface area contributed by atoms with E-state index in [0.29, 0.717) is 24.5 Å². The maximum absolute atomic E-state index is 12.4. The fourth-order valence-electron chi connectivity index (χ4n) is 2.82. The van der Waals surface area contributed by atoms with Gasteiger partial charge in [-0.05, 0) is 42.7 Å². The molecule has 0 saturated carbocycles. The van der Waals surface area contributed by atoms with Crippen molar-refractivity contribution in [1.82, 2.24) is 0 Å². The Labute approximate surface area is 147 Å². The molecule has 5 nitrogen and oxygen atoms in total. The van der Waals surface area contributed by atoms with Gasteiger partial charge < -0.3 is 14.4 Å². The molecule has 0 atom stereocenters. The quantitative estimate of drug-likeness (QED) is 0.758. The van der Waals surface area contributed by atoms with Crippen molar-refractivity contribution in [1.29, 1.82) is 0 Å². The molecule has 1 aliphatic heterocycles. The summed E-state index contributed by atoms with van der Waals surface area (Å²) < 4.78 is 10.7. The standard InChI is InChI=1S/C20H21NO4/c1-2-12-24-17-8-5-7-16(13-17)20(23)25-14-19(22)21-11-10-15-6-3-4-9-18(15)21/h3-9,13H,2,10-12,14H2,1H3. The Morgan fingerprint density at radius 1 is 1.12 bits per heavy atom. The van der Waals surface area contributed by atoms with Crippen LogP contribution >= 0.6 is 0 Å². The lowest BCUT2D eigenvalue weighted by molar-refractivity contribution is -0.121. The van der Waals surface area contributed by atoms with Crippen molar-refractivity contribution in [3.63, 3.8) is 0 Å². The summed E-state index contributed by atoms with van der Waals surface area (Å²) in [7, 11) is 0. The van der Waals surface area contributed by atoms with Crippen LogP contribution < -0.4 is 9.64 Å². The van der Waals surface area contributed by atoms with Crippen molar-refractivity contribution in [2.45, 2.75) is 19.8 Å². The largest absolute Gasteiger partial charge is 0.494 e. The Morgan fingerprint density at radius 2 is 1.96 bits per heavy atom. The summed E-state index contributed by atoms with van der Waals surface area (Å²) in [6.07, 6.45) is 1.72. The number of ether oxygens (including phenoxy) is 2. The molecule has 0 aromatic heterocycles. The molecule has 0 spiro atoms. The second kappa shape index (κ2) is 7.83. The molecule has 1 heterocycles. The van der Waals surface area contributed by atoms with Gasteiger partial charge >= 0.3 is 5.97 Å². The SMILES string of the molecule is CCCOc1cccc(C(=O)OCC(=O)N2CCc3ccccc32)c1. The van der Waals surface area contributed by atoms with Gasteiger partial charge in [0.15, 0.2) is 6.61 Å². The third-order valence-corrected chi connectivity index (χ3v) is 4.06. The normalized spacial score (nSPS) is 12.6. The van der Waals surface area contributed by atoms with Crippen molar-refractivity contribution < 1.29 is 19.1 Å².